The summed E-state index contributed by atoms with van der Waals surface area (Å²) in [7, 11) is -3.41. The molecule has 2 rings (SSSR count). The van der Waals surface area contributed by atoms with Crippen LogP contribution >= 0.6 is 12.2 Å². The van der Waals surface area contributed by atoms with E-state index in [1.54, 1.807) is 12.1 Å². The fourth-order valence-electron chi connectivity index (χ4n) is 2.70. The molecule has 0 aliphatic heterocycles. The van der Waals surface area contributed by atoms with Crippen molar-refractivity contribution in [2.75, 3.05) is 19.6 Å². The van der Waals surface area contributed by atoms with Crippen molar-refractivity contribution in [3.8, 4) is 0 Å². The number of benzene rings is 2. The predicted octanol–water partition coefficient (Wildman–Crippen LogP) is 2.92. The first-order chi connectivity index (χ1) is 13.0. The number of thiocarbonyl (C=S) groups is 1. The fourth-order valence-corrected chi connectivity index (χ4v) is 4.33. The van der Waals surface area contributed by atoms with Gasteiger partial charge in [0.15, 0.2) is 5.11 Å². The average Bonchev–Trinajstić information content (AvgIpc) is 2.68. The fraction of sp³-hybridized carbons (Fsp3) is 0.350. The predicted molar refractivity (Wildman–Crippen MR) is 114 cm³/mol. The molecule has 2 aromatic rings. The summed E-state index contributed by atoms with van der Waals surface area (Å²) in [6, 6.07) is 17.2. The molecule has 0 saturated heterocycles. The van der Waals surface area contributed by atoms with Crippen LogP contribution < -0.4 is 10.6 Å². The Balaban J connectivity index is 1.81. The first kappa shape index (κ1) is 21.3. The van der Waals surface area contributed by atoms with Gasteiger partial charge in [-0.25, -0.2) is 8.42 Å². The minimum Gasteiger partial charge on any atom is -0.362 e. The largest absolute Gasteiger partial charge is 0.362 e. The van der Waals surface area contributed by atoms with E-state index in [0.29, 0.717) is 29.6 Å². The van der Waals surface area contributed by atoms with Gasteiger partial charge in [-0.2, -0.15) is 4.31 Å². The maximum atomic E-state index is 12.5. The first-order valence-electron chi connectivity index (χ1n) is 9.12. The van der Waals surface area contributed by atoms with Crippen molar-refractivity contribution >= 4 is 27.4 Å². The zero-order valence-corrected chi connectivity index (χ0v) is 17.4. The van der Waals surface area contributed by atoms with Crippen molar-refractivity contribution < 1.29 is 8.42 Å². The number of sulfonamides is 1. The summed E-state index contributed by atoms with van der Waals surface area (Å²) in [6.45, 7) is 5.91. The van der Waals surface area contributed by atoms with Crippen molar-refractivity contribution in [1.82, 2.24) is 14.9 Å². The number of hydrogen-bond donors (Lipinski definition) is 2. The molecule has 0 amide bonds. The molecule has 0 fully saturated rings. The van der Waals surface area contributed by atoms with Gasteiger partial charge >= 0.3 is 0 Å². The van der Waals surface area contributed by atoms with Gasteiger partial charge in [0, 0.05) is 26.2 Å². The van der Waals surface area contributed by atoms with Crippen molar-refractivity contribution in [3.63, 3.8) is 0 Å². The van der Waals surface area contributed by atoms with Gasteiger partial charge in [0.1, 0.15) is 0 Å². The summed E-state index contributed by atoms with van der Waals surface area (Å²) in [5.74, 6) is 0. The molecule has 146 valence electrons. The highest BCUT2D eigenvalue weighted by Gasteiger charge is 2.21. The van der Waals surface area contributed by atoms with Crippen LogP contribution in [-0.2, 0) is 23.0 Å². The SMILES string of the molecule is CCN(CC)S(=O)(=O)c1ccc(CNC(=S)NCCc2ccccc2)cc1. The van der Waals surface area contributed by atoms with Crippen LogP contribution in [0.15, 0.2) is 59.5 Å². The van der Waals surface area contributed by atoms with E-state index in [1.807, 2.05) is 44.2 Å². The molecule has 0 bridgehead atoms. The Morgan fingerprint density at radius 1 is 0.926 bits per heavy atom. The molecule has 0 aliphatic rings. The summed E-state index contributed by atoms with van der Waals surface area (Å²) in [4.78, 5) is 0.318. The molecule has 0 heterocycles. The van der Waals surface area contributed by atoms with Crippen LogP contribution in [0, 0.1) is 0 Å². The lowest BCUT2D eigenvalue weighted by atomic mass is 10.1. The van der Waals surface area contributed by atoms with E-state index in [9.17, 15) is 8.42 Å². The Hall–Kier alpha value is -1.96. The quantitative estimate of drug-likeness (QED) is 0.628. The summed E-state index contributed by atoms with van der Waals surface area (Å²) >= 11 is 5.29. The highest BCUT2D eigenvalue weighted by Crippen LogP contribution is 2.16. The standard InChI is InChI=1S/C20H27N3O2S2/c1-3-23(4-2)27(24,25)19-12-10-18(11-13-19)16-22-20(26)21-15-14-17-8-6-5-7-9-17/h5-13H,3-4,14-16H2,1-2H3,(H2,21,22,26). The zero-order valence-electron chi connectivity index (χ0n) is 15.8. The minimum atomic E-state index is -3.41. The number of hydrogen-bond acceptors (Lipinski definition) is 3. The molecule has 2 N–H and O–H groups in total. The summed E-state index contributed by atoms with van der Waals surface area (Å²) in [6.07, 6.45) is 0.903. The van der Waals surface area contributed by atoms with Crippen LogP contribution in [0.5, 0.6) is 0 Å². The topological polar surface area (TPSA) is 61.4 Å². The molecule has 0 saturated carbocycles. The second-order valence-corrected chi connectivity index (χ2v) is 8.42. The summed E-state index contributed by atoms with van der Waals surface area (Å²) in [5.41, 5.74) is 2.23. The van der Waals surface area contributed by atoms with Crippen molar-refractivity contribution in [2.24, 2.45) is 0 Å². The van der Waals surface area contributed by atoms with Crippen LogP contribution in [0.1, 0.15) is 25.0 Å². The zero-order chi connectivity index (χ0) is 19.7. The van der Waals surface area contributed by atoms with Gasteiger partial charge in [0.25, 0.3) is 0 Å². The van der Waals surface area contributed by atoms with E-state index in [-0.39, 0.29) is 0 Å². The first-order valence-corrected chi connectivity index (χ1v) is 11.0. The molecule has 0 unspecified atom stereocenters. The Bertz CT molecular complexity index is 818. The average molecular weight is 406 g/mol. The van der Waals surface area contributed by atoms with Crippen molar-refractivity contribution in [1.29, 1.82) is 0 Å². The van der Waals surface area contributed by atoms with Gasteiger partial charge in [-0.15, -0.1) is 0 Å². The molecule has 0 aromatic heterocycles. The molecule has 7 heteroatoms. The van der Waals surface area contributed by atoms with Crippen LogP contribution in [0.4, 0.5) is 0 Å². The molecule has 0 radical (unpaired) electrons. The Kier molecular flexibility index (Phi) is 8.22. The van der Waals surface area contributed by atoms with E-state index < -0.39 is 10.0 Å². The second kappa shape index (κ2) is 10.4. The summed E-state index contributed by atoms with van der Waals surface area (Å²) < 4.78 is 26.4. The Labute approximate surface area is 167 Å². The minimum absolute atomic E-state index is 0.318. The molecular formula is C20H27N3O2S2. The lowest BCUT2D eigenvalue weighted by Crippen LogP contribution is -2.35. The number of nitrogens with zero attached hydrogens (tertiary/aromatic N) is 1. The number of nitrogens with one attached hydrogen (secondary N) is 2. The van der Waals surface area contributed by atoms with Gasteiger partial charge < -0.3 is 10.6 Å². The van der Waals surface area contributed by atoms with Gasteiger partial charge in [-0.05, 0) is 41.9 Å². The van der Waals surface area contributed by atoms with Crippen molar-refractivity contribution in [3.05, 3.63) is 65.7 Å². The highest BCUT2D eigenvalue weighted by molar-refractivity contribution is 7.89. The Morgan fingerprint density at radius 2 is 1.56 bits per heavy atom. The van der Waals surface area contributed by atoms with Gasteiger partial charge in [-0.3, -0.25) is 0 Å². The molecule has 0 atom stereocenters. The lowest BCUT2D eigenvalue weighted by Gasteiger charge is -2.18. The van der Waals surface area contributed by atoms with E-state index in [0.717, 1.165) is 18.5 Å². The molecule has 0 aliphatic carbocycles. The third-order valence-electron chi connectivity index (χ3n) is 4.26. The molecule has 0 spiro atoms. The normalized spacial score (nSPS) is 11.4. The van der Waals surface area contributed by atoms with Gasteiger partial charge in [0.05, 0.1) is 4.90 Å². The van der Waals surface area contributed by atoms with E-state index in [1.165, 1.54) is 9.87 Å². The van der Waals surface area contributed by atoms with Crippen molar-refractivity contribution in [2.45, 2.75) is 31.7 Å². The van der Waals surface area contributed by atoms with E-state index in [2.05, 4.69) is 22.8 Å². The van der Waals surface area contributed by atoms with Gasteiger partial charge in [0.2, 0.25) is 10.0 Å². The maximum Gasteiger partial charge on any atom is 0.243 e. The number of rotatable bonds is 9. The monoisotopic (exact) mass is 405 g/mol. The third-order valence-corrected chi connectivity index (χ3v) is 6.61. The smallest absolute Gasteiger partial charge is 0.243 e. The van der Waals surface area contributed by atoms with Gasteiger partial charge in [-0.1, -0.05) is 56.3 Å². The second-order valence-electron chi connectivity index (χ2n) is 6.08. The molecule has 5 nitrogen and oxygen atoms in total. The van der Waals surface area contributed by atoms with Crippen LogP contribution in [0.3, 0.4) is 0 Å². The van der Waals surface area contributed by atoms with E-state index >= 15 is 0 Å². The Morgan fingerprint density at radius 3 is 2.15 bits per heavy atom. The van der Waals surface area contributed by atoms with Crippen LogP contribution in [0.25, 0.3) is 0 Å². The molecule has 27 heavy (non-hydrogen) atoms. The molecular weight excluding hydrogens is 378 g/mol. The molecule has 2 aromatic carbocycles. The lowest BCUT2D eigenvalue weighted by molar-refractivity contribution is 0.445. The van der Waals surface area contributed by atoms with Crippen LogP contribution in [-0.4, -0.2) is 37.5 Å². The third kappa shape index (κ3) is 6.30. The summed E-state index contributed by atoms with van der Waals surface area (Å²) in [5, 5.41) is 6.92. The van der Waals surface area contributed by atoms with E-state index in [4.69, 9.17) is 12.2 Å². The van der Waals surface area contributed by atoms with Crippen LogP contribution in [0.2, 0.25) is 0 Å². The highest BCUT2D eigenvalue weighted by atomic mass is 32.2. The maximum absolute atomic E-state index is 12.5.